The van der Waals surface area contributed by atoms with Crippen LogP contribution in [0.3, 0.4) is 0 Å². The first-order chi connectivity index (χ1) is 9.42. The summed E-state index contributed by atoms with van der Waals surface area (Å²) in [6, 6.07) is 2.92. The number of rotatable bonds is 2. The van der Waals surface area contributed by atoms with E-state index in [-0.39, 0.29) is 11.4 Å². The van der Waals surface area contributed by atoms with Gasteiger partial charge in [0.2, 0.25) is 0 Å². The molecule has 102 valence electrons. The van der Waals surface area contributed by atoms with Crippen molar-refractivity contribution in [3.05, 3.63) is 46.9 Å². The number of nitrogens with zero attached hydrogens (tertiary/aromatic N) is 3. The van der Waals surface area contributed by atoms with E-state index < -0.39 is 28.9 Å². The summed E-state index contributed by atoms with van der Waals surface area (Å²) < 4.78 is 40.1. The zero-order chi connectivity index (χ0) is 14.9. The van der Waals surface area contributed by atoms with Crippen LogP contribution in [0.25, 0.3) is 0 Å². The van der Waals surface area contributed by atoms with Gasteiger partial charge >= 0.3 is 0 Å². The zero-order valence-electron chi connectivity index (χ0n) is 10.1. The number of carbonyl (C=O) groups excluding carboxylic acids is 1. The van der Waals surface area contributed by atoms with Crippen molar-refractivity contribution >= 4 is 11.7 Å². The maximum absolute atomic E-state index is 13.0. The molecule has 2 aromatic rings. The van der Waals surface area contributed by atoms with E-state index in [1.165, 1.54) is 17.9 Å². The molecule has 0 saturated carbocycles. The lowest BCUT2D eigenvalue weighted by Crippen LogP contribution is -2.14. The van der Waals surface area contributed by atoms with Crippen LogP contribution in [0.1, 0.15) is 15.9 Å². The van der Waals surface area contributed by atoms with Crippen molar-refractivity contribution < 1.29 is 18.0 Å². The van der Waals surface area contributed by atoms with E-state index in [0.717, 1.165) is 0 Å². The fraction of sp³-hybridized carbons (Fsp3) is 0.0833. The minimum Gasteiger partial charge on any atom is -0.304 e. The lowest BCUT2D eigenvalue weighted by Gasteiger charge is -2.04. The Morgan fingerprint density at radius 3 is 2.50 bits per heavy atom. The second-order valence-corrected chi connectivity index (χ2v) is 3.88. The number of hydrogen-bond donors (Lipinski definition) is 1. The van der Waals surface area contributed by atoms with Crippen LogP contribution >= 0.6 is 0 Å². The Labute approximate surface area is 111 Å². The summed E-state index contributed by atoms with van der Waals surface area (Å²) in [6.07, 6.45) is 1.36. The Kier molecular flexibility index (Phi) is 3.43. The van der Waals surface area contributed by atoms with Crippen molar-refractivity contribution in [1.29, 1.82) is 5.26 Å². The summed E-state index contributed by atoms with van der Waals surface area (Å²) in [7, 11) is 1.54. The Bertz CT molecular complexity index is 710. The van der Waals surface area contributed by atoms with Gasteiger partial charge in [-0.15, -0.1) is 0 Å². The molecule has 0 radical (unpaired) electrons. The minimum absolute atomic E-state index is 0.0508. The number of halogens is 3. The molecule has 0 fully saturated rings. The van der Waals surface area contributed by atoms with Gasteiger partial charge in [-0.25, -0.2) is 13.2 Å². The molecular formula is C12H7F3N4O. The van der Waals surface area contributed by atoms with E-state index in [9.17, 15) is 18.0 Å². The van der Waals surface area contributed by atoms with Gasteiger partial charge in [0.05, 0.1) is 0 Å². The summed E-state index contributed by atoms with van der Waals surface area (Å²) in [5.74, 6) is -5.56. The van der Waals surface area contributed by atoms with Crippen LogP contribution < -0.4 is 5.32 Å². The highest BCUT2D eigenvalue weighted by atomic mass is 19.2. The van der Waals surface area contributed by atoms with E-state index in [0.29, 0.717) is 12.1 Å². The lowest BCUT2D eigenvalue weighted by atomic mass is 10.2. The molecule has 0 unspecified atom stereocenters. The van der Waals surface area contributed by atoms with Gasteiger partial charge < -0.3 is 5.32 Å². The number of nitrogens with one attached hydrogen (secondary N) is 1. The fourth-order valence-electron chi connectivity index (χ4n) is 1.53. The molecule has 20 heavy (non-hydrogen) atoms. The van der Waals surface area contributed by atoms with Gasteiger partial charge in [-0.05, 0) is 12.1 Å². The van der Waals surface area contributed by atoms with Crippen molar-refractivity contribution in [3.63, 3.8) is 0 Å². The van der Waals surface area contributed by atoms with Crippen LogP contribution in [0.2, 0.25) is 0 Å². The Balaban J connectivity index is 2.31. The van der Waals surface area contributed by atoms with E-state index in [1.807, 2.05) is 0 Å². The predicted octanol–water partition coefficient (Wildman–Crippen LogP) is 1.96. The van der Waals surface area contributed by atoms with Gasteiger partial charge in [0.1, 0.15) is 11.6 Å². The molecule has 5 nitrogen and oxygen atoms in total. The Morgan fingerprint density at radius 2 is 1.95 bits per heavy atom. The summed E-state index contributed by atoms with van der Waals surface area (Å²) >= 11 is 0. The molecular weight excluding hydrogens is 273 g/mol. The lowest BCUT2D eigenvalue weighted by molar-refractivity contribution is 0.102. The summed E-state index contributed by atoms with van der Waals surface area (Å²) in [4.78, 5) is 11.8. The molecule has 2 rings (SSSR count). The highest BCUT2D eigenvalue weighted by molar-refractivity contribution is 6.04. The molecule has 0 atom stereocenters. The van der Waals surface area contributed by atoms with Crippen molar-refractivity contribution in [3.8, 4) is 6.07 Å². The van der Waals surface area contributed by atoms with Crippen LogP contribution in [0.5, 0.6) is 0 Å². The molecule has 0 aliphatic rings. The van der Waals surface area contributed by atoms with Gasteiger partial charge in [-0.2, -0.15) is 10.4 Å². The number of nitriles is 1. The number of aromatic nitrogens is 2. The predicted molar refractivity (Wildman–Crippen MR) is 62.2 cm³/mol. The SMILES string of the molecule is Cn1cc(C#N)c(NC(=O)c2cc(F)c(F)c(F)c2)n1. The number of anilines is 1. The smallest absolute Gasteiger partial charge is 0.257 e. The largest absolute Gasteiger partial charge is 0.304 e. The van der Waals surface area contributed by atoms with Crippen LogP contribution in [0.4, 0.5) is 19.0 Å². The first kappa shape index (κ1) is 13.6. The zero-order valence-corrected chi connectivity index (χ0v) is 10.1. The van der Waals surface area contributed by atoms with Crippen LogP contribution in [-0.2, 0) is 7.05 Å². The van der Waals surface area contributed by atoms with E-state index in [2.05, 4.69) is 10.4 Å². The van der Waals surface area contributed by atoms with Crippen molar-refractivity contribution in [2.75, 3.05) is 5.32 Å². The number of hydrogen-bond acceptors (Lipinski definition) is 3. The molecule has 1 aromatic heterocycles. The maximum atomic E-state index is 13.0. The third-order valence-electron chi connectivity index (χ3n) is 2.43. The van der Waals surface area contributed by atoms with Gasteiger partial charge in [0.15, 0.2) is 23.3 Å². The van der Waals surface area contributed by atoms with Crippen LogP contribution in [0, 0.1) is 28.8 Å². The van der Waals surface area contributed by atoms with Crippen molar-refractivity contribution in [2.45, 2.75) is 0 Å². The average Bonchev–Trinajstić information content (AvgIpc) is 2.75. The summed E-state index contributed by atoms with van der Waals surface area (Å²) in [6.45, 7) is 0. The van der Waals surface area contributed by atoms with Crippen LogP contribution in [0.15, 0.2) is 18.3 Å². The second-order valence-electron chi connectivity index (χ2n) is 3.88. The van der Waals surface area contributed by atoms with Crippen molar-refractivity contribution in [2.24, 2.45) is 7.05 Å². The standard InChI is InChI=1S/C12H7F3N4O/c1-19-5-7(4-16)11(18-19)17-12(20)6-2-8(13)10(15)9(14)3-6/h2-3,5H,1H3,(H,17,18,20). The number of carbonyl (C=O) groups is 1. The molecule has 0 saturated heterocycles. The van der Waals surface area contributed by atoms with Gasteiger partial charge in [-0.3, -0.25) is 9.48 Å². The number of amides is 1. The molecule has 1 aromatic carbocycles. The number of benzene rings is 1. The fourth-order valence-corrected chi connectivity index (χ4v) is 1.53. The van der Waals surface area contributed by atoms with E-state index in [1.54, 1.807) is 6.07 Å². The van der Waals surface area contributed by atoms with Gasteiger partial charge in [0, 0.05) is 18.8 Å². The minimum atomic E-state index is -1.66. The first-order valence-electron chi connectivity index (χ1n) is 5.32. The number of aryl methyl sites for hydroxylation is 1. The second kappa shape index (κ2) is 5.05. The van der Waals surface area contributed by atoms with Gasteiger partial charge in [-0.1, -0.05) is 0 Å². The first-order valence-corrected chi connectivity index (χ1v) is 5.32. The van der Waals surface area contributed by atoms with E-state index >= 15 is 0 Å². The monoisotopic (exact) mass is 280 g/mol. The quantitative estimate of drug-likeness (QED) is 0.855. The normalized spacial score (nSPS) is 10.2. The summed E-state index contributed by atoms with van der Waals surface area (Å²) in [5, 5.41) is 14.8. The maximum Gasteiger partial charge on any atom is 0.257 e. The molecule has 1 N–H and O–H groups in total. The Hall–Kier alpha value is -2.82. The average molecular weight is 280 g/mol. The highest BCUT2D eigenvalue weighted by Gasteiger charge is 2.17. The van der Waals surface area contributed by atoms with Crippen molar-refractivity contribution in [1.82, 2.24) is 9.78 Å². The Morgan fingerprint density at radius 1 is 1.35 bits per heavy atom. The van der Waals surface area contributed by atoms with Gasteiger partial charge in [0.25, 0.3) is 5.91 Å². The summed E-state index contributed by atoms with van der Waals surface area (Å²) in [5.41, 5.74) is -0.333. The highest BCUT2D eigenvalue weighted by Crippen LogP contribution is 2.16. The molecule has 0 spiro atoms. The molecule has 0 bridgehead atoms. The van der Waals surface area contributed by atoms with E-state index in [4.69, 9.17) is 5.26 Å². The molecule has 8 heteroatoms. The van der Waals surface area contributed by atoms with Crippen LogP contribution in [-0.4, -0.2) is 15.7 Å². The third kappa shape index (κ3) is 2.47. The third-order valence-corrected chi connectivity index (χ3v) is 2.43. The topological polar surface area (TPSA) is 70.7 Å². The molecule has 0 aliphatic carbocycles. The molecule has 1 heterocycles. The molecule has 0 aliphatic heterocycles. The molecule has 1 amide bonds.